The van der Waals surface area contributed by atoms with Gasteiger partial charge in [0.15, 0.2) is 0 Å². The minimum Gasteiger partial charge on any atom is -0.322 e. The van der Waals surface area contributed by atoms with Crippen LogP contribution in [0, 0.1) is 0 Å². The number of rotatable bonds is 4. The summed E-state index contributed by atoms with van der Waals surface area (Å²) < 4.78 is 28.5. The molecule has 28 heavy (non-hydrogen) atoms. The monoisotopic (exact) mass is 426 g/mol. The van der Waals surface area contributed by atoms with E-state index in [4.69, 9.17) is 0 Å². The highest BCUT2D eigenvalue weighted by Crippen LogP contribution is 2.71. The van der Waals surface area contributed by atoms with Gasteiger partial charge in [0.1, 0.15) is 14.3 Å². The molecule has 0 aliphatic carbocycles. The molecule has 0 heterocycles. The Morgan fingerprint density at radius 3 is 0.929 bits per heavy atom. The number of hydrogen-bond donors (Lipinski definition) is 0. The molecule has 0 aliphatic heterocycles. The van der Waals surface area contributed by atoms with Gasteiger partial charge in [-0.15, -0.1) is 0 Å². The third-order valence-corrected chi connectivity index (χ3v) is 16.5. The molecule has 0 fully saturated rings. The molecule has 1 aromatic carbocycles. The first-order valence-electron chi connectivity index (χ1n) is 10.4. The van der Waals surface area contributed by atoms with Crippen LogP contribution in [-0.2, 0) is 21.5 Å². The maximum Gasteiger partial charge on any atom is 0.102 e. The van der Waals surface area contributed by atoms with Crippen molar-refractivity contribution in [3.05, 3.63) is 35.4 Å². The van der Waals surface area contributed by atoms with E-state index in [1.165, 1.54) is 0 Å². The van der Waals surface area contributed by atoms with E-state index in [1.54, 1.807) is 0 Å². The van der Waals surface area contributed by atoms with Gasteiger partial charge in [0, 0.05) is 32.9 Å². The van der Waals surface area contributed by atoms with Gasteiger partial charge in [-0.1, -0.05) is 107 Å². The Labute approximate surface area is 175 Å². The van der Waals surface area contributed by atoms with Crippen molar-refractivity contribution >= 4 is 14.3 Å². The lowest BCUT2D eigenvalue weighted by Gasteiger charge is -2.43. The Hall–Kier alpha value is -0.320. The zero-order valence-corrected chi connectivity index (χ0v) is 22.2. The fourth-order valence-electron chi connectivity index (χ4n) is 4.31. The van der Waals surface area contributed by atoms with Gasteiger partial charge < -0.3 is 9.13 Å². The molecule has 4 heteroatoms. The SMILES string of the molecule is CC(C)(C)P(=O)(Cc1ccccc1CP(=O)(C(C)(C)C)C(C)(C)C)C(C)(C)C. The summed E-state index contributed by atoms with van der Waals surface area (Å²) >= 11 is 0. The lowest BCUT2D eigenvalue weighted by Crippen LogP contribution is -2.31. The van der Waals surface area contributed by atoms with Crippen molar-refractivity contribution in [1.29, 1.82) is 0 Å². The second-order valence-corrected chi connectivity index (χ2v) is 21.2. The topological polar surface area (TPSA) is 34.1 Å². The van der Waals surface area contributed by atoms with E-state index in [9.17, 15) is 9.13 Å². The van der Waals surface area contributed by atoms with Crippen molar-refractivity contribution in [2.75, 3.05) is 0 Å². The van der Waals surface area contributed by atoms with Crippen LogP contribution in [0.5, 0.6) is 0 Å². The van der Waals surface area contributed by atoms with Crippen molar-refractivity contribution in [3.8, 4) is 0 Å². The first-order valence-corrected chi connectivity index (χ1v) is 14.2. The van der Waals surface area contributed by atoms with Crippen LogP contribution in [0.1, 0.15) is 94.2 Å². The average Bonchev–Trinajstić information content (AvgIpc) is 2.44. The first kappa shape index (κ1) is 25.7. The Kier molecular flexibility index (Phi) is 7.11. The molecule has 0 atom stereocenters. The fraction of sp³-hybridized carbons (Fsp3) is 0.750. The molecule has 1 rings (SSSR count). The van der Waals surface area contributed by atoms with Crippen LogP contribution in [0.3, 0.4) is 0 Å². The molecule has 0 amide bonds. The molecule has 0 unspecified atom stereocenters. The molecule has 0 N–H and O–H groups in total. The predicted octanol–water partition coefficient (Wildman–Crippen LogP) is 8.61. The van der Waals surface area contributed by atoms with Crippen molar-refractivity contribution in [2.45, 2.75) is 116 Å². The van der Waals surface area contributed by atoms with Crippen LogP contribution in [0.15, 0.2) is 24.3 Å². The molecule has 0 spiro atoms. The van der Waals surface area contributed by atoms with E-state index in [2.05, 4.69) is 95.2 Å². The van der Waals surface area contributed by atoms with Crippen LogP contribution in [-0.4, -0.2) is 20.6 Å². The van der Waals surface area contributed by atoms with Gasteiger partial charge in [0.05, 0.1) is 0 Å². The first-order chi connectivity index (χ1) is 12.2. The van der Waals surface area contributed by atoms with E-state index < -0.39 is 14.3 Å². The van der Waals surface area contributed by atoms with Gasteiger partial charge in [0.25, 0.3) is 0 Å². The lowest BCUT2D eigenvalue weighted by atomic mass is 10.1. The van der Waals surface area contributed by atoms with Crippen molar-refractivity contribution < 1.29 is 9.13 Å². The minimum atomic E-state index is -2.57. The van der Waals surface area contributed by atoms with Gasteiger partial charge in [0.2, 0.25) is 0 Å². The predicted molar refractivity (Wildman–Crippen MR) is 128 cm³/mol. The van der Waals surface area contributed by atoms with Crippen molar-refractivity contribution in [2.24, 2.45) is 0 Å². The van der Waals surface area contributed by atoms with E-state index in [1.807, 2.05) is 12.1 Å². The lowest BCUT2D eigenvalue weighted by molar-refractivity contribution is 0.514. The fourth-order valence-corrected chi connectivity index (χ4v) is 11.8. The van der Waals surface area contributed by atoms with Crippen LogP contribution < -0.4 is 0 Å². The minimum absolute atomic E-state index is 0.282. The summed E-state index contributed by atoms with van der Waals surface area (Å²) in [6, 6.07) is 8.23. The largest absolute Gasteiger partial charge is 0.322 e. The van der Waals surface area contributed by atoms with Gasteiger partial charge in [-0.3, -0.25) is 0 Å². The Bertz CT molecular complexity index is 676. The maximum atomic E-state index is 14.3. The van der Waals surface area contributed by atoms with E-state index in [0.29, 0.717) is 12.3 Å². The number of hydrogen-bond acceptors (Lipinski definition) is 2. The Balaban J connectivity index is 3.55. The Morgan fingerprint density at radius 2 is 0.750 bits per heavy atom. The second kappa shape index (κ2) is 7.74. The average molecular weight is 427 g/mol. The highest BCUT2D eigenvalue weighted by Gasteiger charge is 2.48. The Morgan fingerprint density at radius 1 is 0.536 bits per heavy atom. The second-order valence-electron chi connectivity index (χ2n) is 12.2. The quantitative estimate of drug-likeness (QED) is 0.452. The third-order valence-electron chi connectivity index (χ3n) is 6.24. The van der Waals surface area contributed by atoms with Crippen molar-refractivity contribution in [1.82, 2.24) is 0 Å². The summed E-state index contributed by atoms with van der Waals surface area (Å²) in [5.41, 5.74) is 2.20. The van der Waals surface area contributed by atoms with E-state index >= 15 is 0 Å². The molecule has 162 valence electrons. The highest BCUT2D eigenvalue weighted by atomic mass is 31.2. The molecule has 2 nitrogen and oxygen atoms in total. The molecule has 0 aliphatic rings. The maximum absolute atomic E-state index is 14.3. The highest BCUT2D eigenvalue weighted by molar-refractivity contribution is 7.66. The van der Waals surface area contributed by atoms with Crippen molar-refractivity contribution in [3.63, 3.8) is 0 Å². The molecular weight excluding hydrogens is 382 g/mol. The van der Waals surface area contributed by atoms with Gasteiger partial charge >= 0.3 is 0 Å². The van der Waals surface area contributed by atoms with Crippen LogP contribution in [0.25, 0.3) is 0 Å². The molecule has 0 saturated carbocycles. The van der Waals surface area contributed by atoms with Crippen LogP contribution in [0.4, 0.5) is 0 Å². The molecule has 0 radical (unpaired) electrons. The smallest absolute Gasteiger partial charge is 0.102 e. The molecule has 0 bridgehead atoms. The zero-order chi connectivity index (χ0) is 22.4. The summed E-state index contributed by atoms with van der Waals surface area (Å²) in [4.78, 5) is 0. The van der Waals surface area contributed by atoms with Gasteiger partial charge in [-0.25, -0.2) is 0 Å². The zero-order valence-electron chi connectivity index (χ0n) is 20.4. The molecular formula is C24H44O2P2. The third kappa shape index (κ3) is 4.87. The van der Waals surface area contributed by atoms with Gasteiger partial charge in [-0.05, 0) is 11.1 Å². The summed E-state index contributed by atoms with van der Waals surface area (Å²) in [6.07, 6.45) is 1.12. The summed E-state index contributed by atoms with van der Waals surface area (Å²) in [6.45, 7) is 25.1. The normalized spacial score (nSPS) is 15.0. The summed E-state index contributed by atoms with van der Waals surface area (Å²) in [7, 11) is -5.14. The van der Waals surface area contributed by atoms with E-state index in [-0.39, 0.29) is 20.6 Å². The summed E-state index contributed by atoms with van der Waals surface area (Å²) in [5, 5.41) is -1.13. The van der Waals surface area contributed by atoms with Gasteiger partial charge in [-0.2, -0.15) is 0 Å². The van der Waals surface area contributed by atoms with E-state index in [0.717, 1.165) is 11.1 Å². The number of benzene rings is 1. The van der Waals surface area contributed by atoms with Crippen LogP contribution in [0.2, 0.25) is 0 Å². The standard InChI is InChI=1S/C24H44O2P2/c1-21(2,3)27(25,22(4,5)6)17-19-15-13-14-16-20(19)18-28(26,23(7,8)9)24(10,11)12/h13-16H,17-18H2,1-12H3. The van der Waals surface area contributed by atoms with Crippen LogP contribution >= 0.6 is 14.3 Å². The summed E-state index contributed by atoms with van der Waals surface area (Å²) in [5.74, 6) is 0. The molecule has 0 aromatic heterocycles. The molecule has 0 saturated heterocycles. The molecule has 1 aromatic rings.